The van der Waals surface area contributed by atoms with Crippen LogP contribution in [0.2, 0.25) is 0 Å². The lowest BCUT2D eigenvalue weighted by atomic mass is 9.82. The fourth-order valence-electron chi connectivity index (χ4n) is 10.6. The highest BCUT2D eigenvalue weighted by Crippen LogP contribution is 2.55. The molecule has 13 rings (SSSR count). The number of hydrogen-bond acceptors (Lipinski definition) is 2. The van der Waals surface area contributed by atoms with Crippen molar-refractivity contribution in [3.63, 3.8) is 0 Å². The third-order valence-corrected chi connectivity index (χ3v) is 14.4. The SMILES string of the molecule is CC1(C)c2ccccc2-c2c1ccc1sc3cc(-c4ccc(-c5c6ccccc6c(-c6ccc7oc8ccccc8c7c6)c6ccccc56)cc4)c4ccccc4c3c21. The summed E-state index contributed by atoms with van der Waals surface area (Å²) in [6, 6.07) is 67.4. The summed E-state index contributed by atoms with van der Waals surface area (Å²) in [5.74, 6) is 0. The van der Waals surface area contributed by atoms with Crippen LogP contribution in [0.4, 0.5) is 0 Å². The summed E-state index contributed by atoms with van der Waals surface area (Å²) in [4.78, 5) is 0. The molecule has 1 nitrogen and oxygen atoms in total. The van der Waals surface area contributed by atoms with Crippen LogP contribution in [0.5, 0.6) is 0 Å². The van der Waals surface area contributed by atoms with Gasteiger partial charge in [-0.3, -0.25) is 0 Å². The summed E-state index contributed by atoms with van der Waals surface area (Å²) >= 11 is 1.92. The van der Waals surface area contributed by atoms with Crippen molar-refractivity contribution in [2.75, 3.05) is 0 Å². The van der Waals surface area contributed by atoms with Gasteiger partial charge in [0.05, 0.1) is 0 Å². The average molecular weight is 769 g/mol. The Balaban J connectivity index is 0.991. The van der Waals surface area contributed by atoms with Gasteiger partial charge in [-0.05, 0) is 118 Å². The molecule has 0 atom stereocenters. The Morgan fingerprint density at radius 2 is 0.915 bits per heavy atom. The van der Waals surface area contributed by atoms with Crippen molar-refractivity contribution in [2.45, 2.75) is 19.3 Å². The summed E-state index contributed by atoms with van der Waals surface area (Å²) in [6.07, 6.45) is 0. The predicted molar refractivity (Wildman–Crippen MR) is 253 cm³/mol. The quantitative estimate of drug-likeness (QED) is 0.163. The first-order valence-electron chi connectivity index (χ1n) is 20.5. The monoisotopic (exact) mass is 768 g/mol. The third-order valence-electron chi connectivity index (χ3n) is 13.3. The zero-order valence-corrected chi connectivity index (χ0v) is 33.5. The minimum atomic E-state index is -0.0350. The topological polar surface area (TPSA) is 13.1 Å². The van der Waals surface area contributed by atoms with E-state index in [1.165, 1.54) is 108 Å². The molecule has 276 valence electrons. The van der Waals surface area contributed by atoms with E-state index in [1.54, 1.807) is 0 Å². The molecular weight excluding hydrogens is 733 g/mol. The lowest BCUT2D eigenvalue weighted by molar-refractivity contribution is 0.661. The van der Waals surface area contributed by atoms with Gasteiger partial charge in [0.15, 0.2) is 0 Å². The molecule has 0 radical (unpaired) electrons. The molecule has 0 saturated carbocycles. The van der Waals surface area contributed by atoms with E-state index in [1.807, 2.05) is 17.4 Å². The molecule has 0 N–H and O–H groups in total. The predicted octanol–water partition coefficient (Wildman–Crippen LogP) is 16.7. The van der Waals surface area contributed by atoms with Gasteiger partial charge in [0, 0.05) is 36.4 Å². The lowest BCUT2D eigenvalue weighted by Crippen LogP contribution is -2.14. The van der Waals surface area contributed by atoms with E-state index in [4.69, 9.17) is 4.42 Å². The molecule has 1 aliphatic rings. The molecule has 2 heterocycles. The fraction of sp³-hybridized carbons (Fsp3) is 0.0526. The van der Waals surface area contributed by atoms with Crippen LogP contribution in [-0.4, -0.2) is 0 Å². The van der Waals surface area contributed by atoms with Crippen LogP contribution in [0.3, 0.4) is 0 Å². The largest absolute Gasteiger partial charge is 0.456 e. The minimum absolute atomic E-state index is 0.0350. The van der Waals surface area contributed by atoms with Crippen molar-refractivity contribution in [3.05, 3.63) is 193 Å². The fourth-order valence-corrected chi connectivity index (χ4v) is 11.8. The maximum Gasteiger partial charge on any atom is 0.135 e. The molecule has 10 aromatic carbocycles. The molecule has 12 aromatic rings. The van der Waals surface area contributed by atoms with Gasteiger partial charge in [-0.15, -0.1) is 11.3 Å². The Morgan fingerprint density at radius 1 is 0.356 bits per heavy atom. The zero-order valence-electron chi connectivity index (χ0n) is 32.6. The van der Waals surface area contributed by atoms with E-state index >= 15 is 0 Å². The highest BCUT2D eigenvalue weighted by Gasteiger charge is 2.37. The number of furan rings is 1. The first-order chi connectivity index (χ1) is 29.0. The molecular formula is C57H36OS. The third kappa shape index (κ3) is 4.55. The molecule has 0 bridgehead atoms. The Morgan fingerprint density at radius 3 is 1.64 bits per heavy atom. The van der Waals surface area contributed by atoms with Gasteiger partial charge in [0.1, 0.15) is 11.2 Å². The molecule has 0 amide bonds. The average Bonchev–Trinajstić information content (AvgIpc) is 3.92. The second-order valence-corrected chi connectivity index (χ2v) is 17.8. The van der Waals surface area contributed by atoms with Crippen LogP contribution in [0.1, 0.15) is 25.0 Å². The summed E-state index contributed by atoms with van der Waals surface area (Å²) in [6.45, 7) is 4.75. The van der Waals surface area contributed by atoms with Crippen molar-refractivity contribution >= 4 is 85.8 Å². The van der Waals surface area contributed by atoms with Crippen LogP contribution >= 0.6 is 11.3 Å². The molecule has 2 heteroatoms. The Hall–Kier alpha value is -7.00. The second kappa shape index (κ2) is 12.0. The van der Waals surface area contributed by atoms with Crippen molar-refractivity contribution in [2.24, 2.45) is 0 Å². The molecule has 0 aliphatic heterocycles. The van der Waals surface area contributed by atoms with Crippen LogP contribution in [0.25, 0.3) is 119 Å². The van der Waals surface area contributed by atoms with Gasteiger partial charge >= 0.3 is 0 Å². The number of thiophene rings is 1. The molecule has 2 aromatic heterocycles. The lowest BCUT2D eigenvalue weighted by Gasteiger charge is -2.21. The number of fused-ring (bicyclic) bond motifs is 14. The zero-order chi connectivity index (χ0) is 39.0. The molecule has 0 saturated heterocycles. The molecule has 0 fully saturated rings. The highest BCUT2D eigenvalue weighted by atomic mass is 32.1. The van der Waals surface area contributed by atoms with E-state index in [-0.39, 0.29) is 5.41 Å². The van der Waals surface area contributed by atoms with E-state index in [2.05, 4.69) is 190 Å². The van der Waals surface area contributed by atoms with Gasteiger partial charge in [-0.25, -0.2) is 0 Å². The highest BCUT2D eigenvalue weighted by molar-refractivity contribution is 7.26. The molecule has 0 unspecified atom stereocenters. The van der Waals surface area contributed by atoms with Gasteiger partial charge < -0.3 is 4.42 Å². The van der Waals surface area contributed by atoms with Crippen LogP contribution in [0.15, 0.2) is 186 Å². The van der Waals surface area contributed by atoms with Gasteiger partial charge in [-0.2, -0.15) is 0 Å². The first kappa shape index (κ1) is 33.0. The Labute approximate surface area is 345 Å². The summed E-state index contributed by atoms with van der Waals surface area (Å²) in [5, 5.41) is 12.7. The van der Waals surface area contributed by atoms with Crippen LogP contribution in [-0.2, 0) is 5.41 Å². The van der Waals surface area contributed by atoms with Gasteiger partial charge in [-0.1, -0.05) is 166 Å². The number of benzene rings is 10. The molecule has 0 spiro atoms. The summed E-state index contributed by atoms with van der Waals surface area (Å²) in [7, 11) is 0. The first-order valence-corrected chi connectivity index (χ1v) is 21.3. The standard InChI is InChI=1S/C57H36OS/c1-57(2)46-21-11-9-20-43(46)54-47(57)28-30-50-56(54)55-38-15-4-3-13-36(38)44(32-51(55)59-50)33-23-25-34(26-24-33)52-39-16-5-7-18-41(39)53(42-19-8-6-17-40(42)52)35-27-29-49-45(31-35)37-14-10-12-22-48(37)58-49/h3-32H,1-2H3. The number of hydrogen-bond donors (Lipinski definition) is 0. The normalized spacial score (nSPS) is 13.4. The van der Waals surface area contributed by atoms with E-state index in [0.29, 0.717) is 0 Å². The van der Waals surface area contributed by atoms with Crippen molar-refractivity contribution < 1.29 is 4.42 Å². The van der Waals surface area contributed by atoms with Gasteiger partial charge in [0.2, 0.25) is 0 Å². The smallest absolute Gasteiger partial charge is 0.135 e. The van der Waals surface area contributed by atoms with Crippen molar-refractivity contribution in [3.8, 4) is 44.5 Å². The Kier molecular flexibility index (Phi) is 6.73. The second-order valence-electron chi connectivity index (χ2n) is 16.7. The Bertz CT molecular complexity index is 3690. The van der Waals surface area contributed by atoms with Gasteiger partial charge in [0.25, 0.3) is 0 Å². The van der Waals surface area contributed by atoms with Crippen molar-refractivity contribution in [1.82, 2.24) is 0 Å². The summed E-state index contributed by atoms with van der Waals surface area (Å²) < 4.78 is 8.92. The number of rotatable bonds is 3. The summed E-state index contributed by atoms with van der Waals surface area (Å²) in [5.41, 5.74) is 14.9. The molecule has 1 aliphatic carbocycles. The minimum Gasteiger partial charge on any atom is -0.456 e. The van der Waals surface area contributed by atoms with E-state index < -0.39 is 0 Å². The van der Waals surface area contributed by atoms with Crippen molar-refractivity contribution in [1.29, 1.82) is 0 Å². The maximum atomic E-state index is 6.23. The van der Waals surface area contributed by atoms with Crippen LogP contribution < -0.4 is 0 Å². The molecule has 59 heavy (non-hydrogen) atoms. The maximum absolute atomic E-state index is 6.23. The number of para-hydroxylation sites is 1. The van der Waals surface area contributed by atoms with E-state index in [9.17, 15) is 0 Å². The van der Waals surface area contributed by atoms with E-state index in [0.717, 1.165) is 21.9 Å². The van der Waals surface area contributed by atoms with Crippen LogP contribution in [0, 0.1) is 0 Å².